The molecule has 2 heterocycles. The number of thioether (sulfide) groups is 1. The molecule has 0 saturated carbocycles. The largest absolute Gasteiger partial charge is 0.416 e. The van der Waals surface area contributed by atoms with Crippen LogP contribution in [0.4, 0.5) is 13.2 Å². The number of aryl methyl sites for hydroxylation is 1. The predicted octanol–water partition coefficient (Wildman–Crippen LogP) is 4.39. The summed E-state index contributed by atoms with van der Waals surface area (Å²) in [4.78, 5) is 13.0. The highest BCUT2D eigenvalue weighted by molar-refractivity contribution is 7.98. The van der Waals surface area contributed by atoms with Crippen molar-refractivity contribution < 1.29 is 17.9 Å². The van der Waals surface area contributed by atoms with E-state index in [1.54, 1.807) is 23.8 Å². The van der Waals surface area contributed by atoms with E-state index in [1.807, 2.05) is 16.5 Å². The second-order valence-electron chi connectivity index (χ2n) is 6.92. The van der Waals surface area contributed by atoms with Gasteiger partial charge in [0.05, 0.1) is 16.5 Å². The zero-order valence-electron chi connectivity index (χ0n) is 16.6. The number of alkyl halides is 3. The molecule has 0 fully saturated rings. The second kappa shape index (κ2) is 8.72. The maximum absolute atomic E-state index is 13.0. The highest BCUT2D eigenvalue weighted by Gasteiger charge is 2.29. The third-order valence-corrected chi connectivity index (χ3v) is 5.86. The van der Waals surface area contributed by atoms with Gasteiger partial charge in [0.1, 0.15) is 0 Å². The first-order valence-corrected chi connectivity index (χ1v) is 10.5. The summed E-state index contributed by atoms with van der Waals surface area (Å²) in [6.45, 7) is 0.942. The number of benzene rings is 2. The topological polar surface area (TPSA) is 61.4 Å². The van der Waals surface area contributed by atoms with E-state index in [9.17, 15) is 18.0 Å². The van der Waals surface area contributed by atoms with Gasteiger partial charge >= 0.3 is 6.18 Å². The molecule has 0 aliphatic carbocycles. The number of halogens is 3. The molecule has 0 N–H and O–H groups in total. The zero-order valence-corrected chi connectivity index (χ0v) is 17.4. The maximum Gasteiger partial charge on any atom is 0.416 e. The first kappa shape index (κ1) is 21.4. The SMILES string of the molecule is COCCCn1c(=O)c2ccccc2n2c(SCc3ccc(C(F)(F)F)cc3)nnc12. The van der Waals surface area contributed by atoms with Crippen molar-refractivity contribution in [1.29, 1.82) is 0 Å². The standard InChI is InChI=1S/C21H19F3N4O2S/c1-30-12-4-11-27-18(29)16-5-2-3-6-17(16)28-19(27)25-26-20(28)31-13-14-7-9-15(10-8-14)21(22,23)24/h2-3,5-10H,4,11-13H2,1H3. The van der Waals surface area contributed by atoms with Crippen LogP contribution in [0.3, 0.4) is 0 Å². The Morgan fingerprint density at radius 2 is 1.81 bits per heavy atom. The van der Waals surface area contributed by atoms with E-state index in [0.717, 1.165) is 17.7 Å². The van der Waals surface area contributed by atoms with Crippen LogP contribution >= 0.6 is 11.8 Å². The molecule has 0 aliphatic heterocycles. The van der Waals surface area contributed by atoms with Crippen LogP contribution < -0.4 is 5.56 Å². The lowest BCUT2D eigenvalue weighted by Crippen LogP contribution is -2.24. The first-order chi connectivity index (χ1) is 14.9. The Balaban J connectivity index is 1.70. The molecule has 4 rings (SSSR count). The lowest BCUT2D eigenvalue weighted by molar-refractivity contribution is -0.137. The number of hydrogen-bond donors (Lipinski definition) is 0. The lowest BCUT2D eigenvalue weighted by Gasteiger charge is -2.11. The third-order valence-electron chi connectivity index (χ3n) is 4.86. The van der Waals surface area contributed by atoms with E-state index in [-0.39, 0.29) is 5.56 Å². The molecule has 2 aromatic carbocycles. The van der Waals surface area contributed by atoms with Crippen molar-refractivity contribution in [1.82, 2.24) is 19.2 Å². The summed E-state index contributed by atoms with van der Waals surface area (Å²) in [5.41, 5.74) is 0.587. The molecule has 10 heteroatoms. The van der Waals surface area contributed by atoms with Crippen LogP contribution in [-0.4, -0.2) is 32.9 Å². The van der Waals surface area contributed by atoms with E-state index in [0.29, 0.717) is 47.2 Å². The van der Waals surface area contributed by atoms with Crippen LogP contribution in [-0.2, 0) is 23.2 Å². The van der Waals surface area contributed by atoms with Gasteiger partial charge in [-0.3, -0.25) is 13.8 Å². The highest BCUT2D eigenvalue weighted by atomic mass is 32.2. The number of fused-ring (bicyclic) bond motifs is 3. The van der Waals surface area contributed by atoms with Crippen molar-refractivity contribution >= 4 is 28.4 Å². The molecule has 0 saturated heterocycles. The number of hydrogen-bond acceptors (Lipinski definition) is 5. The fraction of sp³-hybridized carbons (Fsp3) is 0.286. The Hall–Kier alpha value is -2.85. The van der Waals surface area contributed by atoms with E-state index in [1.165, 1.54) is 23.9 Å². The number of rotatable bonds is 7. The summed E-state index contributed by atoms with van der Waals surface area (Å²) >= 11 is 1.35. The van der Waals surface area contributed by atoms with Crippen LogP contribution in [0, 0.1) is 0 Å². The molecular weight excluding hydrogens is 429 g/mol. The third kappa shape index (κ3) is 4.31. The smallest absolute Gasteiger partial charge is 0.385 e. The first-order valence-electron chi connectivity index (χ1n) is 9.54. The molecule has 6 nitrogen and oxygen atoms in total. The molecule has 0 aliphatic rings. The normalized spacial score (nSPS) is 12.1. The van der Waals surface area contributed by atoms with Crippen molar-refractivity contribution in [3.63, 3.8) is 0 Å². The van der Waals surface area contributed by atoms with Crippen molar-refractivity contribution in [3.05, 3.63) is 70.0 Å². The minimum atomic E-state index is -4.36. The number of aromatic nitrogens is 4. The van der Waals surface area contributed by atoms with Gasteiger partial charge in [-0.25, -0.2) is 0 Å². The van der Waals surface area contributed by atoms with Gasteiger partial charge in [0.15, 0.2) is 5.16 Å². The van der Waals surface area contributed by atoms with Gasteiger partial charge in [-0.1, -0.05) is 36.0 Å². The fourth-order valence-corrected chi connectivity index (χ4v) is 4.23. The molecule has 4 aromatic rings. The Morgan fingerprint density at radius 3 is 2.52 bits per heavy atom. The number of methoxy groups -OCH3 is 1. The Bertz CT molecular complexity index is 1270. The molecule has 0 radical (unpaired) electrons. The van der Waals surface area contributed by atoms with E-state index >= 15 is 0 Å². The number of ether oxygens (including phenoxy) is 1. The Labute approximate surface area is 179 Å². The molecule has 0 spiro atoms. The van der Waals surface area contributed by atoms with Gasteiger partial charge < -0.3 is 4.74 Å². The Morgan fingerprint density at radius 1 is 1.06 bits per heavy atom. The average Bonchev–Trinajstić information content (AvgIpc) is 3.18. The molecular formula is C21H19F3N4O2S. The molecule has 31 heavy (non-hydrogen) atoms. The maximum atomic E-state index is 13.0. The van der Waals surface area contributed by atoms with Crippen LogP contribution in [0.5, 0.6) is 0 Å². The van der Waals surface area contributed by atoms with Crippen molar-refractivity contribution in [3.8, 4) is 0 Å². The van der Waals surface area contributed by atoms with Crippen LogP contribution in [0.2, 0.25) is 0 Å². The summed E-state index contributed by atoms with van der Waals surface area (Å²) in [7, 11) is 1.60. The molecule has 0 atom stereocenters. The summed E-state index contributed by atoms with van der Waals surface area (Å²) in [5.74, 6) is 0.838. The van der Waals surface area contributed by atoms with Crippen molar-refractivity contribution in [2.45, 2.75) is 30.1 Å². The van der Waals surface area contributed by atoms with Gasteiger partial charge in [-0.2, -0.15) is 13.2 Å². The minimum absolute atomic E-state index is 0.147. The van der Waals surface area contributed by atoms with Gasteiger partial charge in [-0.15, -0.1) is 10.2 Å². The Kier molecular flexibility index (Phi) is 6.01. The van der Waals surface area contributed by atoms with Crippen LogP contribution in [0.1, 0.15) is 17.5 Å². The minimum Gasteiger partial charge on any atom is -0.385 e. The van der Waals surface area contributed by atoms with E-state index in [4.69, 9.17) is 4.74 Å². The fourth-order valence-electron chi connectivity index (χ4n) is 3.33. The number of nitrogens with zero attached hydrogens (tertiary/aromatic N) is 4. The van der Waals surface area contributed by atoms with Crippen LogP contribution in [0.25, 0.3) is 16.7 Å². The summed E-state index contributed by atoms with van der Waals surface area (Å²) in [6.07, 6.45) is -3.72. The summed E-state index contributed by atoms with van der Waals surface area (Å²) < 4.78 is 46.8. The molecule has 0 unspecified atom stereocenters. The molecule has 2 aromatic heterocycles. The van der Waals surface area contributed by atoms with Gasteiger partial charge in [0.25, 0.3) is 5.56 Å². The molecule has 0 amide bonds. The van der Waals surface area contributed by atoms with Crippen LogP contribution in [0.15, 0.2) is 58.5 Å². The van der Waals surface area contributed by atoms with Crippen molar-refractivity contribution in [2.75, 3.05) is 13.7 Å². The quantitative estimate of drug-likeness (QED) is 0.310. The van der Waals surface area contributed by atoms with Crippen molar-refractivity contribution in [2.24, 2.45) is 0 Å². The van der Waals surface area contributed by atoms with Gasteiger partial charge in [0, 0.05) is 26.0 Å². The lowest BCUT2D eigenvalue weighted by atomic mass is 10.1. The predicted molar refractivity (Wildman–Crippen MR) is 112 cm³/mol. The number of para-hydroxylation sites is 1. The summed E-state index contributed by atoms with van der Waals surface area (Å²) in [6, 6.07) is 12.3. The van der Waals surface area contributed by atoms with E-state index in [2.05, 4.69) is 10.2 Å². The average molecular weight is 448 g/mol. The van der Waals surface area contributed by atoms with Gasteiger partial charge in [0.2, 0.25) is 5.78 Å². The zero-order chi connectivity index (χ0) is 22.0. The molecule has 162 valence electrons. The van der Waals surface area contributed by atoms with E-state index < -0.39 is 11.7 Å². The highest BCUT2D eigenvalue weighted by Crippen LogP contribution is 2.30. The second-order valence-corrected chi connectivity index (χ2v) is 7.86. The van der Waals surface area contributed by atoms with Gasteiger partial charge in [-0.05, 0) is 36.2 Å². The monoisotopic (exact) mass is 448 g/mol. The molecule has 0 bridgehead atoms. The summed E-state index contributed by atoms with van der Waals surface area (Å²) in [5, 5.41) is 9.59.